The molecule has 2 amide bonds. The Morgan fingerprint density at radius 2 is 1.82 bits per heavy atom. The van der Waals surface area contributed by atoms with Gasteiger partial charge < -0.3 is 19.8 Å². The molecule has 0 bridgehead atoms. The molecular formula is C22H22N2O4. The van der Waals surface area contributed by atoms with Crippen molar-refractivity contribution in [3.8, 4) is 5.75 Å². The maximum absolute atomic E-state index is 12.5. The van der Waals surface area contributed by atoms with Gasteiger partial charge in [0.15, 0.2) is 5.76 Å². The molecule has 0 spiro atoms. The summed E-state index contributed by atoms with van der Waals surface area (Å²) in [7, 11) is 1.63. The van der Waals surface area contributed by atoms with Crippen LogP contribution in [0.1, 0.15) is 32.0 Å². The van der Waals surface area contributed by atoms with Gasteiger partial charge in [0.05, 0.1) is 13.4 Å². The van der Waals surface area contributed by atoms with E-state index >= 15 is 0 Å². The lowest BCUT2D eigenvalue weighted by atomic mass is 10.1. The SMILES string of the molecule is COc1ccc(CCNC(=O)c2ccc(C)c(NC(=O)c3ccco3)c2)cc1. The highest BCUT2D eigenvalue weighted by molar-refractivity contribution is 6.03. The Bertz CT molecular complexity index is 947. The lowest BCUT2D eigenvalue weighted by Crippen LogP contribution is -2.26. The second kappa shape index (κ2) is 8.90. The Morgan fingerprint density at radius 1 is 1.04 bits per heavy atom. The van der Waals surface area contributed by atoms with E-state index in [2.05, 4.69) is 10.6 Å². The van der Waals surface area contributed by atoms with E-state index in [1.54, 1.807) is 37.4 Å². The predicted molar refractivity (Wildman–Crippen MR) is 107 cm³/mol. The van der Waals surface area contributed by atoms with Crippen molar-refractivity contribution in [1.29, 1.82) is 0 Å². The minimum atomic E-state index is -0.356. The molecule has 0 saturated heterocycles. The van der Waals surface area contributed by atoms with Crippen molar-refractivity contribution in [1.82, 2.24) is 5.32 Å². The summed E-state index contributed by atoms with van der Waals surface area (Å²) in [5.41, 5.74) is 3.02. The fourth-order valence-corrected chi connectivity index (χ4v) is 2.70. The molecule has 0 fully saturated rings. The third-order valence-corrected chi connectivity index (χ3v) is 4.35. The smallest absolute Gasteiger partial charge is 0.291 e. The van der Waals surface area contributed by atoms with Crippen LogP contribution in [-0.4, -0.2) is 25.5 Å². The number of amides is 2. The zero-order chi connectivity index (χ0) is 19.9. The van der Waals surface area contributed by atoms with Crippen LogP contribution < -0.4 is 15.4 Å². The van der Waals surface area contributed by atoms with Crippen molar-refractivity contribution in [3.05, 3.63) is 83.3 Å². The summed E-state index contributed by atoms with van der Waals surface area (Å²) in [4.78, 5) is 24.6. The number of rotatable bonds is 7. The number of carbonyl (C=O) groups excluding carboxylic acids is 2. The Labute approximate surface area is 163 Å². The Hall–Kier alpha value is -3.54. The molecule has 3 rings (SSSR count). The lowest BCUT2D eigenvalue weighted by molar-refractivity contribution is 0.0952. The second-order valence-corrected chi connectivity index (χ2v) is 6.32. The number of anilines is 1. The van der Waals surface area contributed by atoms with Gasteiger partial charge in [-0.3, -0.25) is 9.59 Å². The highest BCUT2D eigenvalue weighted by Crippen LogP contribution is 2.18. The molecular weight excluding hydrogens is 356 g/mol. The average molecular weight is 378 g/mol. The first-order valence-electron chi connectivity index (χ1n) is 8.93. The molecule has 0 radical (unpaired) electrons. The molecule has 0 aliphatic heterocycles. The number of benzene rings is 2. The number of hydrogen-bond donors (Lipinski definition) is 2. The number of nitrogens with one attached hydrogen (secondary N) is 2. The van der Waals surface area contributed by atoms with Gasteiger partial charge in [-0.1, -0.05) is 18.2 Å². The van der Waals surface area contributed by atoms with Crippen LogP contribution in [0.25, 0.3) is 0 Å². The van der Waals surface area contributed by atoms with E-state index in [1.807, 2.05) is 31.2 Å². The Balaban J connectivity index is 1.59. The monoisotopic (exact) mass is 378 g/mol. The largest absolute Gasteiger partial charge is 0.497 e. The zero-order valence-electron chi connectivity index (χ0n) is 15.8. The van der Waals surface area contributed by atoms with E-state index in [1.165, 1.54) is 6.26 Å². The minimum Gasteiger partial charge on any atom is -0.497 e. The molecule has 6 nitrogen and oxygen atoms in total. The van der Waals surface area contributed by atoms with Crippen LogP contribution in [-0.2, 0) is 6.42 Å². The standard InChI is InChI=1S/C22H22N2O4/c1-15-5-8-17(14-19(15)24-22(26)20-4-3-13-28-20)21(25)23-12-11-16-6-9-18(27-2)10-7-16/h3-10,13-14H,11-12H2,1-2H3,(H,23,25)(H,24,26). The van der Waals surface area contributed by atoms with E-state index < -0.39 is 0 Å². The topological polar surface area (TPSA) is 80.6 Å². The highest BCUT2D eigenvalue weighted by Gasteiger charge is 2.13. The van der Waals surface area contributed by atoms with Gasteiger partial charge in [-0.25, -0.2) is 0 Å². The first-order valence-corrected chi connectivity index (χ1v) is 8.93. The van der Waals surface area contributed by atoms with Gasteiger partial charge in [0.1, 0.15) is 5.75 Å². The molecule has 28 heavy (non-hydrogen) atoms. The van der Waals surface area contributed by atoms with Crippen molar-refractivity contribution in [2.24, 2.45) is 0 Å². The van der Waals surface area contributed by atoms with E-state index in [0.29, 0.717) is 24.2 Å². The molecule has 6 heteroatoms. The summed E-state index contributed by atoms with van der Waals surface area (Å²) < 4.78 is 10.2. The molecule has 0 saturated carbocycles. The zero-order valence-corrected chi connectivity index (χ0v) is 15.8. The van der Waals surface area contributed by atoms with Gasteiger partial charge >= 0.3 is 0 Å². The molecule has 0 aliphatic carbocycles. The maximum Gasteiger partial charge on any atom is 0.291 e. The molecule has 1 aromatic heterocycles. The van der Waals surface area contributed by atoms with E-state index in [-0.39, 0.29) is 17.6 Å². The molecule has 0 atom stereocenters. The van der Waals surface area contributed by atoms with Crippen LogP contribution in [0.2, 0.25) is 0 Å². The van der Waals surface area contributed by atoms with Gasteiger partial charge in [0.2, 0.25) is 0 Å². The molecule has 2 aromatic carbocycles. The van der Waals surface area contributed by atoms with E-state index in [4.69, 9.17) is 9.15 Å². The lowest BCUT2D eigenvalue weighted by Gasteiger charge is -2.10. The van der Waals surface area contributed by atoms with Gasteiger partial charge in [-0.15, -0.1) is 0 Å². The fraction of sp³-hybridized carbons (Fsp3) is 0.182. The molecule has 144 valence electrons. The number of methoxy groups -OCH3 is 1. The molecule has 1 heterocycles. The van der Waals surface area contributed by atoms with Crippen molar-refractivity contribution in [3.63, 3.8) is 0 Å². The number of furan rings is 1. The third kappa shape index (κ3) is 4.79. The van der Waals surface area contributed by atoms with Crippen molar-refractivity contribution in [2.45, 2.75) is 13.3 Å². The van der Waals surface area contributed by atoms with Crippen LogP contribution >= 0.6 is 0 Å². The van der Waals surface area contributed by atoms with Crippen molar-refractivity contribution in [2.75, 3.05) is 19.0 Å². The van der Waals surface area contributed by atoms with Crippen LogP contribution in [0, 0.1) is 6.92 Å². The Kier molecular flexibility index (Phi) is 6.11. The van der Waals surface area contributed by atoms with Crippen LogP contribution in [0.4, 0.5) is 5.69 Å². The number of ether oxygens (including phenoxy) is 1. The van der Waals surface area contributed by atoms with Crippen LogP contribution in [0.5, 0.6) is 5.75 Å². The number of hydrogen-bond acceptors (Lipinski definition) is 4. The number of aryl methyl sites for hydroxylation is 1. The summed E-state index contributed by atoms with van der Waals surface area (Å²) in [6.07, 6.45) is 2.15. The van der Waals surface area contributed by atoms with Gasteiger partial charge in [0.25, 0.3) is 11.8 Å². The van der Waals surface area contributed by atoms with E-state index in [0.717, 1.165) is 16.9 Å². The average Bonchev–Trinajstić information content (AvgIpc) is 3.25. The van der Waals surface area contributed by atoms with Gasteiger partial charge in [-0.05, 0) is 60.9 Å². The molecule has 0 aliphatic rings. The second-order valence-electron chi connectivity index (χ2n) is 6.32. The predicted octanol–water partition coefficient (Wildman–Crippen LogP) is 3.82. The third-order valence-electron chi connectivity index (χ3n) is 4.35. The van der Waals surface area contributed by atoms with Gasteiger partial charge in [-0.2, -0.15) is 0 Å². The fourth-order valence-electron chi connectivity index (χ4n) is 2.70. The minimum absolute atomic E-state index is 0.193. The normalized spacial score (nSPS) is 10.4. The molecule has 2 N–H and O–H groups in total. The Morgan fingerprint density at radius 3 is 2.50 bits per heavy atom. The summed E-state index contributed by atoms with van der Waals surface area (Å²) >= 11 is 0. The van der Waals surface area contributed by atoms with Crippen LogP contribution in [0.3, 0.4) is 0 Å². The van der Waals surface area contributed by atoms with Gasteiger partial charge in [0, 0.05) is 17.8 Å². The quantitative estimate of drug-likeness (QED) is 0.655. The van der Waals surface area contributed by atoms with Crippen molar-refractivity contribution >= 4 is 17.5 Å². The summed E-state index contributed by atoms with van der Waals surface area (Å²) in [5, 5.41) is 5.68. The first-order chi connectivity index (χ1) is 13.6. The van der Waals surface area contributed by atoms with Crippen molar-refractivity contribution < 1.29 is 18.7 Å². The molecule has 3 aromatic rings. The number of carbonyl (C=O) groups is 2. The summed E-state index contributed by atoms with van der Waals surface area (Å²) in [6.45, 7) is 2.37. The summed E-state index contributed by atoms with van der Waals surface area (Å²) in [6, 6.07) is 16.2. The summed E-state index contributed by atoms with van der Waals surface area (Å²) in [5.74, 6) is 0.470. The van der Waals surface area contributed by atoms with E-state index in [9.17, 15) is 9.59 Å². The maximum atomic E-state index is 12.5. The van der Waals surface area contributed by atoms with Crippen LogP contribution in [0.15, 0.2) is 65.3 Å². The highest BCUT2D eigenvalue weighted by atomic mass is 16.5. The molecule has 0 unspecified atom stereocenters. The first kappa shape index (κ1) is 19.2.